The number of aryl methyl sites for hydroxylation is 1. The molecule has 24 heavy (non-hydrogen) atoms. The minimum Gasteiger partial charge on any atom is -0.497 e. The first-order valence-electron chi connectivity index (χ1n) is 8.84. The van der Waals surface area contributed by atoms with Crippen molar-refractivity contribution in [2.75, 3.05) is 31.6 Å². The smallest absolute Gasteiger partial charge is 0.120 e. The summed E-state index contributed by atoms with van der Waals surface area (Å²) in [5.41, 5.74) is 2.81. The van der Waals surface area contributed by atoms with Crippen LogP contribution in [0.15, 0.2) is 18.2 Å². The summed E-state index contributed by atoms with van der Waals surface area (Å²) in [5, 5.41) is 9.26. The molecule has 132 valence electrons. The first kappa shape index (κ1) is 18.9. The van der Waals surface area contributed by atoms with Crippen LogP contribution in [0.2, 0.25) is 0 Å². The fraction of sp³-hybridized carbons (Fsp3) is 0.632. The van der Waals surface area contributed by atoms with Gasteiger partial charge in [-0.15, -0.1) is 12.4 Å². The fourth-order valence-corrected chi connectivity index (χ4v) is 4.03. The van der Waals surface area contributed by atoms with Crippen LogP contribution in [0.3, 0.4) is 0 Å². The number of rotatable bonds is 4. The summed E-state index contributed by atoms with van der Waals surface area (Å²) in [6.07, 6.45) is 5.62. The Hall–Kier alpha value is -1.44. The number of piperidine rings is 1. The van der Waals surface area contributed by atoms with Gasteiger partial charge in [0.25, 0.3) is 0 Å². The number of hydrogen-bond acceptors (Lipinski definition) is 4. The summed E-state index contributed by atoms with van der Waals surface area (Å²) < 4.78 is 5.42. The maximum atomic E-state index is 9.26. The van der Waals surface area contributed by atoms with Gasteiger partial charge in [-0.3, -0.25) is 4.90 Å². The summed E-state index contributed by atoms with van der Waals surface area (Å²) in [5.74, 6) is 0.948. The zero-order valence-electron chi connectivity index (χ0n) is 14.7. The zero-order chi connectivity index (χ0) is 16.2. The monoisotopic (exact) mass is 349 g/mol. The first-order chi connectivity index (χ1) is 11.3. The Bertz CT molecular complexity index is 578. The molecule has 0 bridgehead atoms. The van der Waals surface area contributed by atoms with Crippen molar-refractivity contribution in [2.24, 2.45) is 0 Å². The zero-order valence-corrected chi connectivity index (χ0v) is 15.5. The van der Waals surface area contributed by atoms with E-state index in [-0.39, 0.29) is 18.4 Å². The number of fused-ring (bicyclic) bond motifs is 1. The second kappa shape index (κ2) is 8.60. The number of benzene rings is 1. The van der Waals surface area contributed by atoms with Gasteiger partial charge in [-0.2, -0.15) is 5.26 Å². The van der Waals surface area contributed by atoms with Crippen molar-refractivity contribution in [2.45, 2.75) is 51.1 Å². The predicted octanol–water partition coefficient (Wildman–Crippen LogP) is 3.64. The number of methoxy groups -OCH3 is 1. The first-order valence-corrected chi connectivity index (χ1v) is 8.84. The van der Waals surface area contributed by atoms with Crippen molar-refractivity contribution in [3.63, 3.8) is 0 Å². The van der Waals surface area contributed by atoms with Crippen molar-refractivity contribution < 1.29 is 4.74 Å². The van der Waals surface area contributed by atoms with Gasteiger partial charge in [0, 0.05) is 37.4 Å². The molecule has 1 fully saturated rings. The predicted molar refractivity (Wildman–Crippen MR) is 100 cm³/mol. The Kier molecular flexibility index (Phi) is 6.77. The van der Waals surface area contributed by atoms with Crippen LogP contribution in [-0.4, -0.2) is 43.7 Å². The van der Waals surface area contributed by atoms with E-state index in [2.05, 4.69) is 41.0 Å². The fourth-order valence-electron chi connectivity index (χ4n) is 4.03. The normalized spacial score (nSPS) is 19.8. The van der Waals surface area contributed by atoms with E-state index >= 15 is 0 Å². The van der Waals surface area contributed by atoms with E-state index in [1.807, 2.05) is 0 Å². The van der Waals surface area contributed by atoms with E-state index in [1.165, 1.54) is 24.1 Å². The lowest BCUT2D eigenvalue weighted by molar-refractivity contribution is 0.175. The molecule has 0 radical (unpaired) electrons. The summed E-state index contributed by atoms with van der Waals surface area (Å²) in [7, 11) is 1.74. The molecule has 1 atom stereocenters. The average molecular weight is 350 g/mol. The standard InChI is InChI=1S/C19H27N3O.ClH/c1-3-16(14-20)21-11-8-17(9-12-21)22-10-4-5-15-6-7-18(23-2)13-19(15)22;/h6-7,13,16-17H,3-5,8-12H2,1-2H3;1H. The third-order valence-corrected chi connectivity index (χ3v) is 5.36. The molecule has 2 aliphatic rings. The number of likely N-dealkylation sites (tertiary alicyclic amines) is 1. The Morgan fingerprint density at radius 3 is 2.67 bits per heavy atom. The summed E-state index contributed by atoms with van der Waals surface area (Å²) >= 11 is 0. The van der Waals surface area contributed by atoms with Gasteiger partial charge < -0.3 is 9.64 Å². The quantitative estimate of drug-likeness (QED) is 0.832. The van der Waals surface area contributed by atoms with E-state index in [0.717, 1.165) is 44.6 Å². The molecule has 1 unspecified atom stereocenters. The van der Waals surface area contributed by atoms with Crippen LogP contribution >= 0.6 is 12.4 Å². The van der Waals surface area contributed by atoms with Gasteiger partial charge in [0.05, 0.1) is 19.2 Å². The highest BCUT2D eigenvalue weighted by Gasteiger charge is 2.30. The van der Waals surface area contributed by atoms with Crippen LogP contribution < -0.4 is 9.64 Å². The number of ether oxygens (including phenoxy) is 1. The van der Waals surface area contributed by atoms with Crippen molar-refractivity contribution in [3.05, 3.63) is 23.8 Å². The lowest BCUT2D eigenvalue weighted by Crippen LogP contribution is -2.49. The molecule has 1 aromatic rings. The number of hydrogen-bond donors (Lipinski definition) is 0. The highest BCUT2D eigenvalue weighted by Crippen LogP contribution is 2.34. The number of nitrogens with zero attached hydrogens (tertiary/aromatic N) is 3. The third-order valence-electron chi connectivity index (χ3n) is 5.36. The van der Waals surface area contributed by atoms with E-state index in [1.54, 1.807) is 7.11 Å². The van der Waals surface area contributed by atoms with Crippen LogP contribution in [0.1, 0.15) is 38.2 Å². The van der Waals surface area contributed by atoms with Gasteiger partial charge >= 0.3 is 0 Å². The molecule has 5 heteroatoms. The molecular formula is C19H28ClN3O. The van der Waals surface area contributed by atoms with Crippen LogP contribution in [0.5, 0.6) is 5.75 Å². The van der Waals surface area contributed by atoms with Crippen LogP contribution in [-0.2, 0) is 6.42 Å². The molecule has 0 amide bonds. The van der Waals surface area contributed by atoms with Crippen molar-refractivity contribution in [1.29, 1.82) is 5.26 Å². The molecule has 0 spiro atoms. The van der Waals surface area contributed by atoms with Crippen molar-refractivity contribution in [1.82, 2.24) is 4.90 Å². The second-order valence-electron chi connectivity index (χ2n) is 6.61. The highest BCUT2D eigenvalue weighted by molar-refractivity contribution is 5.85. The number of nitriles is 1. The van der Waals surface area contributed by atoms with Gasteiger partial charge in [-0.1, -0.05) is 13.0 Å². The van der Waals surface area contributed by atoms with Gasteiger partial charge in [0.1, 0.15) is 5.75 Å². The Morgan fingerprint density at radius 2 is 2.04 bits per heavy atom. The number of halogens is 1. The molecule has 3 rings (SSSR count). The molecule has 1 saturated heterocycles. The van der Waals surface area contributed by atoms with Crippen molar-refractivity contribution in [3.8, 4) is 11.8 Å². The maximum Gasteiger partial charge on any atom is 0.120 e. The molecule has 1 aromatic carbocycles. The third kappa shape index (κ3) is 3.79. The molecule has 2 aliphatic heterocycles. The van der Waals surface area contributed by atoms with E-state index in [4.69, 9.17) is 4.74 Å². The molecule has 0 N–H and O–H groups in total. The lowest BCUT2D eigenvalue weighted by atomic mass is 9.95. The van der Waals surface area contributed by atoms with Gasteiger partial charge in [-0.25, -0.2) is 0 Å². The lowest BCUT2D eigenvalue weighted by Gasteiger charge is -2.43. The van der Waals surface area contributed by atoms with Gasteiger partial charge in [0.2, 0.25) is 0 Å². The number of anilines is 1. The minimum atomic E-state index is 0. The van der Waals surface area contributed by atoms with Crippen LogP contribution in [0.4, 0.5) is 5.69 Å². The van der Waals surface area contributed by atoms with Gasteiger partial charge in [0.15, 0.2) is 0 Å². The topological polar surface area (TPSA) is 39.5 Å². The van der Waals surface area contributed by atoms with Crippen LogP contribution in [0, 0.1) is 11.3 Å². The van der Waals surface area contributed by atoms with Crippen molar-refractivity contribution >= 4 is 18.1 Å². The molecule has 0 aliphatic carbocycles. The summed E-state index contributed by atoms with van der Waals surface area (Å²) in [6.45, 7) is 5.31. The van der Waals surface area contributed by atoms with Gasteiger partial charge in [-0.05, 0) is 43.7 Å². The molecular weight excluding hydrogens is 322 g/mol. The van der Waals surface area contributed by atoms with E-state index in [0.29, 0.717) is 6.04 Å². The van der Waals surface area contributed by atoms with E-state index in [9.17, 15) is 5.26 Å². The van der Waals surface area contributed by atoms with Crippen LogP contribution in [0.25, 0.3) is 0 Å². The SMILES string of the molecule is CCC(C#N)N1CCC(N2CCCc3ccc(OC)cc32)CC1.Cl. The molecule has 4 nitrogen and oxygen atoms in total. The average Bonchev–Trinajstić information content (AvgIpc) is 2.62. The Balaban J connectivity index is 0.00000208. The molecule has 0 saturated carbocycles. The minimum absolute atomic E-state index is 0. The summed E-state index contributed by atoms with van der Waals surface area (Å²) in [6, 6.07) is 9.61. The Labute approximate surface area is 151 Å². The molecule has 0 aromatic heterocycles. The maximum absolute atomic E-state index is 9.26. The highest BCUT2D eigenvalue weighted by atomic mass is 35.5. The Morgan fingerprint density at radius 1 is 1.29 bits per heavy atom. The molecule has 2 heterocycles. The van der Waals surface area contributed by atoms with E-state index < -0.39 is 0 Å². The largest absolute Gasteiger partial charge is 0.497 e. The summed E-state index contributed by atoms with van der Waals surface area (Å²) in [4.78, 5) is 4.94. The second-order valence-corrected chi connectivity index (χ2v) is 6.61.